The second kappa shape index (κ2) is 5.78. The number of nitrogens with two attached hydrogens (primary N) is 1. The maximum absolute atomic E-state index is 10.6. The number of halogens is 3. The second-order valence-corrected chi connectivity index (χ2v) is 3.22. The highest BCUT2D eigenvalue weighted by Crippen LogP contribution is 2.13. The lowest BCUT2D eigenvalue weighted by Gasteiger charge is -1.93. The minimum absolute atomic E-state index is 0.346. The SMILES string of the molecule is CCNS(N)(=O)=O.O=C(O)C(F)(F)F. The lowest BCUT2D eigenvalue weighted by atomic mass is 10.7. The van der Waals surface area contributed by atoms with E-state index in [1.54, 1.807) is 6.92 Å². The van der Waals surface area contributed by atoms with Gasteiger partial charge in [-0.05, 0) is 0 Å². The molecule has 0 aromatic carbocycles. The van der Waals surface area contributed by atoms with Crippen LogP contribution in [0.25, 0.3) is 0 Å². The van der Waals surface area contributed by atoms with Crippen molar-refractivity contribution in [1.82, 2.24) is 4.72 Å². The van der Waals surface area contributed by atoms with E-state index >= 15 is 0 Å². The van der Waals surface area contributed by atoms with Crippen LogP contribution in [-0.4, -0.2) is 32.2 Å². The highest BCUT2D eigenvalue weighted by Gasteiger charge is 2.38. The summed E-state index contributed by atoms with van der Waals surface area (Å²) in [6.07, 6.45) is -5.08. The first-order valence-corrected chi connectivity index (χ1v) is 4.62. The number of rotatable bonds is 2. The van der Waals surface area contributed by atoms with Crippen LogP contribution in [0, 0.1) is 0 Å². The summed E-state index contributed by atoms with van der Waals surface area (Å²) in [5.41, 5.74) is 0. The first-order chi connectivity index (χ1) is 6.00. The molecule has 0 amide bonds. The summed E-state index contributed by atoms with van der Waals surface area (Å²) in [6, 6.07) is 0. The maximum atomic E-state index is 10.6. The normalized spacial score (nSPS) is 11.5. The molecule has 4 N–H and O–H groups in total. The van der Waals surface area contributed by atoms with Crippen LogP contribution >= 0.6 is 0 Å². The first-order valence-electron chi connectivity index (χ1n) is 3.08. The van der Waals surface area contributed by atoms with Gasteiger partial charge in [0.25, 0.3) is 10.2 Å². The highest BCUT2D eigenvalue weighted by molar-refractivity contribution is 7.87. The molecule has 0 aromatic heterocycles. The number of nitrogens with one attached hydrogen (secondary N) is 1. The number of alkyl halides is 3. The molecule has 10 heteroatoms. The van der Waals surface area contributed by atoms with Gasteiger partial charge in [-0.3, -0.25) is 0 Å². The fraction of sp³-hybridized carbons (Fsp3) is 0.750. The summed E-state index contributed by atoms with van der Waals surface area (Å²) >= 11 is 0. The smallest absolute Gasteiger partial charge is 0.475 e. The molecule has 0 aromatic rings. The molecular weight excluding hydrogens is 229 g/mol. The van der Waals surface area contributed by atoms with Crippen LogP contribution in [0.5, 0.6) is 0 Å². The van der Waals surface area contributed by atoms with Gasteiger partial charge in [0, 0.05) is 6.54 Å². The first kappa shape index (κ1) is 15.6. The van der Waals surface area contributed by atoms with Crippen LogP contribution in [-0.2, 0) is 15.0 Å². The van der Waals surface area contributed by atoms with Crippen LogP contribution in [0.4, 0.5) is 13.2 Å². The van der Waals surface area contributed by atoms with Crippen LogP contribution in [0.2, 0.25) is 0 Å². The van der Waals surface area contributed by atoms with E-state index in [1.807, 2.05) is 4.72 Å². The molecule has 0 aliphatic rings. The zero-order valence-corrected chi connectivity index (χ0v) is 7.82. The van der Waals surface area contributed by atoms with Crippen molar-refractivity contribution in [2.75, 3.05) is 6.54 Å². The molecule has 0 spiro atoms. The van der Waals surface area contributed by atoms with E-state index in [1.165, 1.54) is 0 Å². The third-order valence-corrected chi connectivity index (χ3v) is 1.28. The standard InChI is InChI=1S/C2HF3O2.C2H8N2O2S/c3-2(4,5)1(6)7;1-2-4-7(3,5)6/h(H,6,7);4H,2H2,1H3,(H2,3,5,6). The molecule has 0 saturated carbocycles. The summed E-state index contributed by atoms with van der Waals surface area (Å²) in [4.78, 5) is 8.90. The zero-order chi connectivity index (χ0) is 12.0. The van der Waals surface area contributed by atoms with E-state index in [0.717, 1.165) is 0 Å². The fourth-order valence-electron chi connectivity index (χ4n) is 0.201. The predicted octanol–water partition coefficient (Wildman–Crippen LogP) is -0.567. The van der Waals surface area contributed by atoms with Gasteiger partial charge in [-0.15, -0.1) is 0 Å². The Hall–Kier alpha value is -0.870. The van der Waals surface area contributed by atoms with E-state index in [2.05, 4.69) is 5.14 Å². The van der Waals surface area contributed by atoms with Crippen molar-refractivity contribution >= 4 is 16.2 Å². The largest absolute Gasteiger partial charge is 0.490 e. The Morgan fingerprint density at radius 1 is 1.50 bits per heavy atom. The molecule has 0 unspecified atom stereocenters. The Morgan fingerprint density at radius 2 is 1.79 bits per heavy atom. The van der Waals surface area contributed by atoms with Crippen molar-refractivity contribution in [3.63, 3.8) is 0 Å². The fourth-order valence-corrected chi connectivity index (χ4v) is 0.604. The van der Waals surface area contributed by atoms with Crippen molar-refractivity contribution in [3.8, 4) is 0 Å². The average molecular weight is 238 g/mol. The van der Waals surface area contributed by atoms with Crippen molar-refractivity contribution in [1.29, 1.82) is 0 Å². The average Bonchev–Trinajstić information content (AvgIpc) is 1.82. The molecule has 0 aliphatic carbocycles. The molecule has 86 valence electrons. The van der Waals surface area contributed by atoms with Crippen molar-refractivity contribution in [2.24, 2.45) is 5.14 Å². The third-order valence-electron chi connectivity index (χ3n) is 0.588. The minimum Gasteiger partial charge on any atom is -0.475 e. The Bertz CT molecular complexity index is 273. The molecule has 0 rings (SSSR count). The molecule has 0 atom stereocenters. The molecule has 6 nitrogen and oxygen atoms in total. The number of aliphatic carboxylic acids is 1. The summed E-state index contributed by atoms with van der Waals surface area (Å²) in [5, 5.41) is 11.6. The monoisotopic (exact) mass is 238 g/mol. The number of carboxylic acids is 1. The van der Waals surface area contributed by atoms with Gasteiger partial charge in [-0.25, -0.2) is 14.7 Å². The summed E-state index contributed by atoms with van der Waals surface area (Å²) in [5.74, 6) is -2.76. The molecule has 0 saturated heterocycles. The Labute approximate surface area is 78.1 Å². The summed E-state index contributed by atoms with van der Waals surface area (Å²) < 4.78 is 53.6. The Morgan fingerprint density at radius 3 is 1.79 bits per heavy atom. The quantitative estimate of drug-likeness (QED) is 0.598. The summed E-state index contributed by atoms with van der Waals surface area (Å²) in [6.45, 7) is 2.00. The molecule has 0 fully saturated rings. The highest BCUT2D eigenvalue weighted by atomic mass is 32.2. The number of hydrogen-bond acceptors (Lipinski definition) is 3. The van der Waals surface area contributed by atoms with Gasteiger partial charge in [-0.1, -0.05) is 6.92 Å². The van der Waals surface area contributed by atoms with Crippen LogP contribution in [0.15, 0.2) is 0 Å². The number of hydrogen-bond donors (Lipinski definition) is 3. The van der Waals surface area contributed by atoms with Gasteiger partial charge in [-0.2, -0.15) is 21.6 Å². The van der Waals surface area contributed by atoms with Crippen LogP contribution in [0.3, 0.4) is 0 Å². The van der Waals surface area contributed by atoms with Gasteiger partial charge >= 0.3 is 12.1 Å². The van der Waals surface area contributed by atoms with E-state index in [-0.39, 0.29) is 0 Å². The van der Waals surface area contributed by atoms with Gasteiger partial charge < -0.3 is 5.11 Å². The lowest BCUT2D eigenvalue weighted by molar-refractivity contribution is -0.192. The molecular formula is C4H9F3N2O4S. The molecule has 0 aliphatic heterocycles. The predicted molar refractivity (Wildman–Crippen MR) is 40.5 cm³/mol. The van der Waals surface area contributed by atoms with Crippen LogP contribution in [0.1, 0.15) is 6.92 Å². The van der Waals surface area contributed by atoms with E-state index in [0.29, 0.717) is 6.54 Å². The minimum atomic E-state index is -5.08. The van der Waals surface area contributed by atoms with E-state index < -0.39 is 22.4 Å². The van der Waals surface area contributed by atoms with Gasteiger partial charge in [0.2, 0.25) is 0 Å². The summed E-state index contributed by atoms with van der Waals surface area (Å²) in [7, 11) is -3.42. The Kier molecular flexibility index (Phi) is 6.43. The van der Waals surface area contributed by atoms with Crippen molar-refractivity contribution in [3.05, 3.63) is 0 Å². The third kappa shape index (κ3) is 13.7. The molecule has 0 heterocycles. The van der Waals surface area contributed by atoms with Crippen LogP contribution < -0.4 is 9.86 Å². The second-order valence-electron chi connectivity index (χ2n) is 1.85. The molecule has 14 heavy (non-hydrogen) atoms. The van der Waals surface area contributed by atoms with E-state index in [4.69, 9.17) is 9.90 Å². The van der Waals surface area contributed by atoms with Gasteiger partial charge in [0.05, 0.1) is 0 Å². The van der Waals surface area contributed by atoms with Crippen molar-refractivity contribution < 1.29 is 31.5 Å². The maximum Gasteiger partial charge on any atom is 0.490 e. The lowest BCUT2D eigenvalue weighted by Crippen LogP contribution is -2.30. The van der Waals surface area contributed by atoms with E-state index in [9.17, 15) is 21.6 Å². The van der Waals surface area contributed by atoms with Gasteiger partial charge in [0.1, 0.15) is 0 Å². The Balaban J connectivity index is 0. The number of carbonyl (C=O) groups is 1. The number of carboxylic acid groups (broad SMARTS) is 1. The topological polar surface area (TPSA) is 109 Å². The van der Waals surface area contributed by atoms with Gasteiger partial charge in [0.15, 0.2) is 0 Å². The zero-order valence-electron chi connectivity index (χ0n) is 7.00. The van der Waals surface area contributed by atoms with Crippen molar-refractivity contribution in [2.45, 2.75) is 13.1 Å². The molecule has 0 radical (unpaired) electrons. The molecule has 0 bridgehead atoms.